The highest BCUT2D eigenvalue weighted by molar-refractivity contribution is 6.06. The number of carbonyl (C=O) groups is 3. The lowest BCUT2D eigenvalue weighted by Gasteiger charge is -2.49. The van der Waals surface area contributed by atoms with E-state index in [9.17, 15) is 29.7 Å². The number of carbonyl (C=O) groups excluding carboxylic acids is 3. The highest BCUT2D eigenvalue weighted by Crippen LogP contribution is 2.41. The number of esters is 1. The fraction of sp³-hybridized carbons (Fsp3) is 0.919. The van der Waals surface area contributed by atoms with Crippen LogP contribution in [0.5, 0.6) is 0 Å². The molecule has 17 atom stereocenters. The summed E-state index contributed by atoms with van der Waals surface area (Å²) in [7, 11) is 4.72. The number of aliphatic hydroxyl groups is 3. The van der Waals surface area contributed by atoms with Crippen molar-refractivity contribution in [3.63, 3.8) is 0 Å². The maximum absolute atomic E-state index is 14.1. The minimum absolute atomic E-state index is 0.0680. The van der Waals surface area contributed by atoms with Gasteiger partial charge in [0.05, 0.1) is 47.5 Å². The molecular weight excluding hydrogens is 666 g/mol. The molecule has 0 aromatic rings. The first-order chi connectivity index (χ1) is 23.6. The van der Waals surface area contributed by atoms with Gasteiger partial charge in [-0.15, -0.1) is 0 Å². The minimum atomic E-state index is -2.16. The topological polar surface area (TPSA) is 189 Å². The predicted octanol–water partition coefficient (Wildman–Crippen LogP) is 2.31. The number of nitrogens with one attached hydrogen (secondary N) is 1. The van der Waals surface area contributed by atoms with Crippen molar-refractivity contribution < 1.29 is 62.9 Å². The molecule has 0 aromatic carbocycles. The maximum atomic E-state index is 14.1. The average molecular weight is 732 g/mol. The van der Waals surface area contributed by atoms with Crippen molar-refractivity contribution in [3.8, 4) is 0 Å². The van der Waals surface area contributed by atoms with Crippen LogP contribution in [0, 0.1) is 23.7 Å². The first-order valence-corrected chi connectivity index (χ1v) is 18.4. The lowest BCUT2D eigenvalue weighted by molar-refractivity contribution is -0.317. The van der Waals surface area contributed by atoms with Crippen LogP contribution in [0.25, 0.3) is 0 Å². The molecule has 0 aromatic heterocycles. The molecule has 0 bridgehead atoms. The van der Waals surface area contributed by atoms with Crippen LogP contribution in [0.15, 0.2) is 0 Å². The van der Waals surface area contributed by atoms with Crippen molar-refractivity contribution in [2.45, 2.75) is 173 Å². The summed E-state index contributed by atoms with van der Waals surface area (Å²) in [4.78, 5) is 41.7. The normalized spacial score (nSPS) is 48.2. The Labute approximate surface area is 303 Å². The van der Waals surface area contributed by atoms with E-state index in [1.807, 2.05) is 13.8 Å². The third-order valence-corrected chi connectivity index (χ3v) is 11.8. The number of hydrogen-bond donors (Lipinski definition) is 4. The fourth-order valence-electron chi connectivity index (χ4n) is 8.21. The number of methoxy groups -OCH3 is 2. The summed E-state index contributed by atoms with van der Waals surface area (Å²) < 4.78 is 43.5. The van der Waals surface area contributed by atoms with Crippen molar-refractivity contribution in [2.75, 3.05) is 21.3 Å². The molecule has 296 valence electrons. The summed E-state index contributed by atoms with van der Waals surface area (Å²) in [6.07, 6.45) is -7.55. The number of ether oxygens (including phenoxy) is 7. The van der Waals surface area contributed by atoms with Crippen LogP contribution in [0.2, 0.25) is 0 Å². The van der Waals surface area contributed by atoms with Crippen LogP contribution in [0.4, 0.5) is 0 Å². The lowest BCUT2D eigenvalue weighted by Crippen LogP contribution is -2.61. The summed E-state index contributed by atoms with van der Waals surface area (Å²) in [5.41, 5.74) is -4.47. The summed E-state index contributed by atoms with van der Waals surface area (Å²) in [5, 5.41) is 36.9. The van der Waals surface area contributed by atoms with Gasteiger partial charge in [0.25, 0.3) is 0 Å². The van der Waals surface area contributed by atoms with Crippen molar-refractivity contribution in [2.24, 2.45) is 23.7 Å². The molecule has 0 amide bonds. The number of hydrogen-bond acceptors (Lipinski definition) is 14. The number of likely N-dealkylation sites (N-methyl/N-ethyl adjacent to an activating group) is 1. The number of aliphatic hydroxyl groups excluding tert-OH is 2. The second-order valence-corrected chi connectivity index (χ2v) is 15.8. The van der Waals surface area contributed by atoms with E-state index in [0.29, 0.717) is 6.42 Å². The SMILES string of the molecule is CCC1OC(=O)C(C)C(OC2CC(C)(OC)C(O)C(C)O2)C(C)C(OC2OC(C)CC(NC)C2O)C(C)(OC)CC(C)C(=O)C(C)C(=O)C1(C)O. The Morgan fingerprint density at radius 2 is 1.51 bits per heavy atom. The van der Waals surface area contributed by atoms with E-state index in [-0.39, 0.29) is 31.4 Å². The Morgan fingerprint density at radius 1 is 0.902 bits per heavy atom. The highest BCUT2D eigenvalue weighted by atomic mass is 16.7. The van der Waals surface area contributed by atoms with Gasteiger partial charge in [0.2, 0.25) is 0 Å². The number of rotatable bonds is 8. The molecule has 3 fully saturated rings. The van der Waals surface area contributed by atoms with Gasteiger partial charge in [0, 0.05) is 38.5 Å². The Bertz CT molecular complexity index is 1200. The van der Waals surface area contributed by atoms with Crippen LogP contribution in [0.3, 0.4) is 0 Å². The molecular formula is C37H65NO13. The van der Waals surface area contributed by atoms with E-state index in [2.05, 4.69) is 5.32 Å². The third kappa shape index (κ3) is 9.21. The standard InChI is InChI=1S/C37H65NO13/c1-14-25-37(10,44)30(41)20(4)27(39)18(2)16-36(9,46-13)32(51-34-28(40)24(38-11)15-19(3)47-34)21(5)29(22(6)33(43)49-25)50-26-17-35(8,45-12)31(42)23(7)48-26/h18-26,28-29,31-32,34,38,40,42,44H,14-17H2,1-13H3. The molecule has 0 aliphatic carbocycles. The third-order valence-electron chi connectivity index (χ3n) is 11.8. The molecule has 0 radical (unpaired) electrons. The maximum Gasteiger partial charge on any atom is 0.311 e. The van der Waals surface area contributed by atoms with Crippen LogP contribution < -0.4 is 5.32 Å². The van der Waals surface area contributed by atoms with Crippen molar-refractivity contribution in [1.29, 1.82) is 0 Å². The lowest BCUT2D eigenvalue weighted by atomic mass is 9.74. The molecule has 3 aliphatic rings. The average Bonchev–Trinajstić information content (AvgIpc) is 3.09. The summed E-state index contributed by atoms with van der Waals surface area (Å²) >= 11 is 0. The predicted molar refractivity (Wildman–Crippen MR) is 185 cm³/mol. The summed E-state index contributed by atoms with van der Waals surface area (Å²) in [6, 6.07) is -0.344. The van der Waals surface area contributed by atoms with Gasteiger partial charge in [-0.2, -0.15) is 0 Å². The zero-order valence-corrected chi connectivity index (χ0v) is 32.8. The molecule has 3 rings (SSSR count). The fourth-order valence-corrected chi connectivity index (χ4v) is 8.21. The Balaban J connectivity index is 2.22. The van der Waals surface area contributed by atoms with Crippen LogP contribution in [0.1, 0.15) is 94.9 Å². The first kappa shape index (κ1) is 43.8. The van der Waals surface area contributed by atoms with Crippen molar-refractivity contribution >= 4 is 17.5 Å². The molecule has 3 heterocycles. The van der Waals surface area contributed by atoms with Crippen LogP contribution in [-0.4, -0.2) is 132 Å². The summed E-state index contributed by atoms with van der Waals surface area (Å²) in [5.74, 6) is -5.67. The second kappa shape index (κ2) is 17.3. The molecule has 3 saturated heterocycles. The Morgan fingerprint density at radius 3 is 2.06 bits per heavy atom. The van der Waals surface area contributed by atoms with E-state index < -0.39 is 107 Å². The second-order valence-electron chi connectivity index (χ2n) is 15.8. The van der Waals surface area contributed by atoms with Gasteiger partial charge in [0.15, 0.2) is 24.0 Å². The number of Topliss-reactive ketones (excluding diaryl/α,β-unsaturated/α-hetero) is 2. The Hall–Kier alpha value is -1.59. The Kier molecular flexibility index (Phi) is 14.8. The largest absolute Gasteiger partial charge is 0.459 e. The molecule has 0 saturated carbocycles. The van der Waals surface area contributed by atoms with Gasteiger partial charge in [0.1, 0.15) is 24.1 Å². The zero-order valence-electron chi connectivity index (χ0n) is 32.8. The van der Waals surface area contributed by atoms with Crippen molar-refractivity contribution in [3.05, 3.63) is 0 Å². The van der Waals surface area contributed by atoms with Crippen molar-refractivity contribution in [1.82, 2.24) is 5.32 Å². The quantitative estimate of drug-likeness (QED) is 0.210. The molecule has 51 heavy (non-hydrogen) atoms. The van der Waals surface area contributed by atoms with Gasteiger partial charge < -0.3 is 53.8 Å². The van der Waals surface area contributed by atoms with Gasteiger partial charge >= 0.3 is 5.97 Å². The van der Waals surface area contributed by atoms with Gasteiger partial charge in [-0.25, -0.2) is 0 Å². The van der Waals surface area contributed by atoms with E-state index in [1.54, 1.807) is 48.6 Å². The van der Waals surface area contributed by atoms with E-state index in [1.165, 1.54) is 28.1 Å². The highest BCUT2D eigenvalue weighted by Gasteiger charge is 2.54. The first-order valence-electron chi connectivity index (χ1n) is 18.4. The minimum Gasteiger partial charge on any atom is -0.459 e. The van der Waals surface area contributed by atoms with Crippen LogP contribution in [-0.2, 0) is 47.5 Å². The monoisotopic (exact) mass is 731 g/mol. The van der Waals surface area contributed by atoms with Gasteiger partial charge in [-0.3, -0.25) is 14.4 Å². The zero-order chi connectivity index (χ0) is 38.8. The molecule has 4 N–H and O–H groups in total. The molecule has 17 unspecified atom stereocenters. The molecule has 3 aliphatic heterocycles. The van der Waals surface area contributed by atoms with Crippen LogP contribution >= 0.6 is 0 Å². The van der Waals surface area contributed by atoms with Gasteiger partial charge in [-0.05, 0) is 74.8 Å². The number of cyclic esters (lactones) is 1. The summed E-state index contributed by atoms with van der Waals surface area (Å²) in [6.45, 7) is 16.6. The number of ketones is 2. The molecule has 0 spiro atoms. The van der Waals surface area contributed by atoms with Gasteiger partial charge in [-0.1, -0.05) is 20.8 Å². The molecule has 14 nitrogen and oxygen atoms in total. The smallest absolute Gasteiger partial charge is 0.311 e. The molecule has 14 heteroatoms. The van der Waals surface area contributed by atoms with E-state index in [0.717, 1.165) is 0 Å². The van der Waals surface area contributed by atoms with E-state index >= 15 is 0 Å². The van der Waals surface area contributed by atoms with E-state index in [4.69, 9.17) is 33.2 Å².